The summed E-state index contributed by atoms with van der Waals surface area (Å²) in [4.78, 5) is 14.5. The normalized spacial score (nSPS) is 17.1. The van der Waals surface area contributed by atoms with Crippen LogP contribution in [0.15, 0.2) is 48.5 Å². The van der Waals surface area contributed by atoms with E-state index in [0.717, 1.165) is 17.7 Å². The van der Waals surface area contributed by atoms with Gasteiger partial charge in [-0.25, -0.2) is 0 Å². The van der Waals surface area contributed by atoms with Gasteiger partial charge in [0.15, 0.2) is 0 Å². The van der Waals surface area contributed by atoms with Crippen LogP contribution in [0.2, 0.25) is 5.02 Å². The van der Waals surface area contributed by atoms with Gasteiger partial charge in [0.05, 0.1) is 6.42 Å². The van der Waals surface area contributed by atoms with Crippen molar-refractivity contribution in [3.05, 3.63) is 64.7 Å². The highest BCUT2D eigenvalue weighted by atomic mass is 35.5. The molecule has 0 aliphatic carbocycles. The van der Waals surface area contributed by atoms with E-state index in [-0.39, 0.29) is 11.9 Å². The number of benzene rings is 2. The number of rotatable bonds is 2. The summed E-state index contributed by atoms with van der Waals surface area (Å²) in [6.45, 7) is 2.10. The molecule has 0 unspecified atom stereocenters. The van der Waals surface area contributed by atoms with E-state index in [2.05, 4.69) is 13.0 Å². The van der Waals surface area contributed by atoms with Gasteiger partial charge in [0.25, 0.3) is 0 Å². The summed E-state index contributed by atoms with van der Waals surface area (Å²) in [5.74, 6) is 0.143. The third kappa shape index (κ3) is 2.44. The van der Waals surface area contributed by atoms with Crippen molar-refractivity contribution in [2.75, 3.05) is 4.90 Å². The molecule has 0 N–H and O–H groups in total. The lowest BCUT2D eigenvalue weighted by Crippen LogP contribution is -2.36. The Morgan fingerprint density at radius 2 is 1.90 bits per heavy atom. The van der Waals surface area contributed by atoms with Gasteiger partial charge in [-0.05, 0) is 42.7 Å². The van der Waals surface area contributed by atoms with E-state index >= 15 is 0 Å². The van der Waals surface area contributed by atoms with Crippen molar-refractivity contribution in [2.45, 2.75) is 25.8 Å². The van der Waals surface area contributed by atoms with Crippen molar-refractivity contribution in [3.8, 4) is 0 Å². The first-order valence-corrected chi connectivity index (χ1v) is 7.17. The predicted octanol–water partition coefficient (Wildman–Crippen LogP) is 3.86. The van der Waals surface area contributed by atoms with Crippen LogP contribution in [0.4, 0.5) is 5.69 Å². The van der Waals surface area contributed by atoms with Gasteiger partial charge in [-0.1, -0.05) is 41.9 Å². The third-order valence-electron chi connectivity index (χ3n) is 3.74. The van der Waals surface area contributed by atoms with Crippen LogP contribution in [-0.2, 0) is 17.6 Å². The minimum atomic E-state index is 0.143. The summed E-state index contributed by atoms with van der Waals surface area (Å²) in [7, 11) is 0. The number of anilines is 1. The van der Waals surface area contributed by atoms with Crippen molar-refractivity contribution < 1.29 is 4.79 Å². The molecular weight excluding hydrogens is 270 g/mol. The topological polar surface area (TPSA) is 20.3 Å². The van der Waals surface area contributed by atoms with Gasteiger partial charge < -0.3 is 4.90 Å². The minimum absolute atomic E-state index is 0.143. The molecule has 0 spiro atoms. The SMILES string of the molecule is C[C@H]1Cc2ccccc2N1C(=O)Cc1ccc(Cl)cc1. The monoisotopic (exact) mass is 285 g/mol. The lowest BCUT2D eigenvalue weighted by Gasteiger charge is -2.22. The predicted molar refractivity (Wildman–Crippen MR) is 82.3 cm³/mol. The summed E-state index contributed by atoms with van der Waals surface area (Å²) in [5, 5.41) is 0.695. The zero-order valence-corrected chi connectivity index (χ0v) is 12.1. The summed E-state index contributed by atoms with van der Waals surface area (Å²) >= 11 is 5.87. The highest BCUT2D eigenvalue weighted by molar-refractivity contribution is 6.30. The fraction of sp³-hybridized carbons (Fsp3) is 0.235. The Labute approximate surface area is 124 Å². The van der Waals surface area contributed by atoms with Crippen molar-refractivity contribution in [1.29, 1.82) is 0 Å². The molecule has 1 aliphatic heterocycles. The molecule has 0 saturated carbocycles. The summed E-state index contributed by atoms with van der Waals surface area (Å²) in [6.07, 6.45) is 1.35. The van der Waals surface area contributed by atoms with Crippen LogP contribution in [0.25, 0.3) is 0 Å². The molecule has 0 bridgehead atoms. The lowest BCUT2D eigenvalue weighted by molar-refractivity contribution is -0.118. The van der Waals surface area contributed by atoms with Crippen LogP contribution in [0.5, 0.6) is 0 Å². The standard InChI is InChI=1S/C17H16ClNO/c1-12-10-14-4-2-3-5-16(14)19(12)17(20)11-13-6-8-15(18)9-7-13/h2-9,12H,10-11H2,1H3/t12-/m0/s1. The highest BCUT2D eigenvalue weighted by Crippen LogP contribution is 2.32. The fourth-order valence-electron chi connectivity index (χ4n) is 2.81. The first kappa shape index (κ1) is 13.2. The smallest absolute Gasteiger partial charge is 0.231 e. The molecule has 2 aromatic carbocycles. The van der Waals surface area contributed by atoms with Gasteiger partial charge in [0.2, 0.25) is 5.91 Å². The molecule has 0 fully saturated rings. The lowest BCUT2D eigenvalue weighted by atomic mass is 10.1. The molecule has 3 rings (SSSR count). The maximum absolute atomic E-state index is 12.6. The largest absolute Gasteiger partial charge is 0.309 e. The number of amides is 1. The molecule has 3 heteroatoms. The number of halogens is 1. The number of carbonyl (C=O) groups is 1. The van der Waals surface area contributed by atoms with E-state index in [1.807, 2.05) is 47.4 Å². The van der Waals surface area contributed by atoms with Crippen LogP contribution < -0.4 is 4.90 Å². The Balaban J connectivity index is 1.82. The average Bonchev–Trinajstić information content (AvgIpc) is 2.77. The van der Waals surface area contributed by atoms with Gasteiger partial charge >= 0.3 is 0 Å². The maximum Gasteiger partial charge on any atom is 0.231 e. The van der Waals surface area contributed by atoms with E-state index in [1.54, 1.807) is 0 Å². The van der Waals surface area contributed by atoms with Crippen LogP contribution in [0.1, 0.15) is 18.1 Å². The number of para-hydroxylation sites is 1. The van der Waals surface area contributed by atoms with E-state index in [1.165, 1.54) is 5.56 Å². The zero-order chi connectivity index (χ0) is 14.1. The molecule has 0 aromatic heterocycles. The average molecular weight is 286 g/mol. The first-order chi connectivity index (χ1) is 9.65. The zero-order valence-electron chi connectivity index (χ0n) is 11.3. The van der Waals surface area contributed by atoms with Gasteiger partial charge in [-0.2, -0.15) is 0 Å². The van der Waals surface area contributed by atoms with Crippen LogP contribution in [-0.4, -0.2) is 11.9 Å². The molecule has 1 amide bonds. The van der Waals surface area contributed by atoms with Gasteiger partial charge in [0.1, 0.15) is 0 Å². The molecule has 1 atom stereocenters. The maximum atomic E-state index is 12.6. The van der Waals surface area contributed by atoms with Crippen LogP contribution >= 0.6 is 11.6 Å². The van der Waals surface area contributed by atoms with Crippen molar-refractivity contribution >= 4 is 23.2 Å². The number of hydrogen-bond donors (Lipinski definition) is 0. The summed E-state index contributed by atoms with van der Waals surface area (Å²) in [6, 6.07) is 15.8. The van der Waals surface area contributed by atoms with Crippen LogP contribution in [0, 0.1) is 0 Å². The second kappa shape index (κ2) is 5.29. The molecule has 1 aliphatic rings. The molecule has 0 radical (unpaired) electrons. The van der Waals surface area contributed by atoms with Crippen molar-refractivity contribution in [1.82, 2.24) is 0 Å². The second-order valence-corrected chi connectivity index (χ2v) is 5.69. The Hall–Kier alpha value is -1.80. The Morgan fingerprint density at radius 1 is 1.20 bits per heavy atom. The highest BCUT2D eigenvalue weighted by Gasteiger charge is 2.30. The van der Waals surface area contributed by atoms with Gasteiger partial charge in [-0.15, -0.1) is 0 Å². The van der Waals surface area contributed by atoms with Gasteiger partial charge in [-0.3, -0.25) is 4.79 Å². The van der Waals surface area contributed by atoms with Gasteiger partial charge in [0, 0.05) is 16.8 Å². The Bertz CT molecular complexity index is 636. The van der Waals surface area contributed by atoms with E-state index in [0.29, 0.717) is 11.4 Å². The molecule has 20 heavy (non-hydrogen) atoms. The van der Waals surface area contributed by atoms with Crippen molar-refractivity contribution in [2.24, 2.45) is 0 Å². The van der Waals surface area contributed by atoms with E-state index < -0.39 is 0 Å². The molecule has 102 valence electrons. The minimum Gasteiger partial charge on any atom is -0.309 e. The molecule has 2 nitrogen and oxygen atoms in total. The van der Waals surface area contributed by atoms with E-state index in [9.17, 15) is 4.79 Å². The fourth-order valence-corrected chi connectivity index (χ4v) is 2.93. The Morgan fingerprint density at radius 3 is 2.65 bits per heavy atom. The number of fused-ring (bicyclic) bond motifs is 1. The first-order valence-electron chi connectivity index (χ1n) is 6.79. The summed E-state index contributed by atoms with van der Waals surface area (Å²) < 4.78 is 0. The molecule has 1 heterocycles. The Kier molecular flexibility index (Phi) is 3.49. The number of hydrogen-bond acceptors (Lipinski definition) is 1. The summed E-state index contributed by atoms with van der Waals surface area (Å²) in [5.41, 5.74) is 3.31. The molecular formula is C17H16ClNO. The second-order valence-electron chi connectivity index (χ2n) is 5.25. The van der Waals surface area contributed by atoms with E-state index in [4.69, 9.17) is 11.6 Å². The van der Waals surface area contributed by atoms with Crippen LogP contribution in [0.3, 0.4) is 0 Å². The number of carbonyl (C=O) groups excluding carboxylic acids is 1. The molecule has 2 aromatic rings. The number of nitrogens with zero attached hydrogens (tertiary/aromatic N) is 1. The molecule has 0 saturated heterocycles. The quantitative estimate of drug-likeness (QED) is 0.820. The third-order valence-corrected chi connectivity index (χ3v) is 4.00. The van der Waals surface area contributed by atoms with Crippen molar-refractivity contribution in [3.63, 3.8) is 0 Å².